The number of ether oxygens (including phenoxy) is 1. The van der Waals surface area contributed by atoms with Crippen molar-refractivity contribution >= 4 is 22.6 Å². The summed E-state index contributed by atoms with van der Waals surface area (Å²) in [7, 11) is 0. The van der Waals surface area contributed by atoms with E-state index < -0.39 is 5.60 Å². The molecule has 26 heavy (non-hydrogen) atoms. The van der Waals surface area contributed by atoms with Crippen LogP contribution >= 0.6 is 11.3 Å². The quantitative estimate of drug-likeness (QED) is 0.817. The van der Waals surface area contributed by atoms with Gasteiger partial charge in [0.05, 0.1) is 5.69 Å². The number of fused-ring (bicyclic) bond motifs is 4. The molecule has 3 fully saturated rings. The average molecular weight is 377 g/mol. The summed E-state index contributed by atoms with van der Waals surface area (Å²) in [6, 6.07) is 0.744. The van der Waals surface area contributed by atoms with Gasteiger partial charge in [0, 0.05) is 48.6 Å². The van der Waals surface area contributed by atoms with Crippen LogP contribution in [0.1, 0.15) is 57.0 Å². The predicted molar refractivity (Wildman–Crippen MR) is 102 cm³/mol. The number of aromatic nitrogens is 1. The highest BCUT2D eigenvalue weighted by Gasteiger charge is 2.51. The Morgan fingerprint density at radius 2 is 1.96 bits per heavy atom. The van der Waals surface area contributed by atoms with Gasteiger partial charge in [-0.15, -0.1) is 11.3 Å². The third-order valence-corrected chi connectivity index (χ3v) is 7.21. The molecule has 4 heterocycles. The maximum atomic E-state index is 12.5. The van der Waals surface area contributed by atoms with Crippen molar-refractivity contribution in [3.05, 3.63) is 10.6 Å². The monoisotopic (exact) mass is 376 g/mol. The first-order chi connectivity index (χ1) is 12.3. The van der Waals surface area contributed by atoms with Crippen molar-refractivity contribution in [3.63, 3.8) is 0 Å². The molecule has 4 aliphatic rings. The van der Waals surface area contributed by atoms with Crippen LogP contribution in [-0.2, 0) is 16.7 Å². The molecule has 7 heteroatoms. The normalized spacial score (nSPS) is 29.0. The largest absolute Gasteiger partial charge is 0.444 e. The van der Waals surface area contributed by atoms with E-state index in [4.69, 9.17) is 9.72 Å². The Balaban J connectivity index is 1.35. The van der Waals surface area contributed by atoms with Gasteiger partial charge >= 0.3 is 6.09 Å². The van der Waals surface area contributed by atoms with Gasteiger partial charge in [0.25, 0.3) is 0 Å². The lowest BCUT2D eigenvalue weighted by molar-refractivity contribution is 0.0209. The van der Waals surface area contributed by atoms with Gasteiger partial charge in [-0.1, -0.05) is 0 Å². The number of carbonyl (C=O) groups excluding carboxylic acids is 1. The molecule has 0 radical (unpaired) electrons. The Morgan fingerprint density at radius 3 is 2.58 bits per heavy atom. The van der Waals surface area contributed by atoms with Crippen molar-refractivity contribution in [2.24, 2.45) is 0 Å². The molecule has 2 saturated heterocycles. The molecule has 3 aliphatic heterocycles. The van der Waals surface area contributed by atoms with Crippen LogP contribution in [0.5, 0.6) is 0 Å². The van der Waals surface area contributed by atoms with Crippen LogP contribution in [0.3, 0.4) is 0 Å². The summed E-state index contributed by atoms with van der Waals surface area (Å²) in [6.07, 6.45) is 4.65. The first-order valence-electron chi connectivity index (χ1n) is 9.82. The smallest absolute Gasteiger partial charge is 0.410 e. The van der Waals surface area contributed by atoms with E-state index in [2.05, 4.69) is 10.2 Å². The molecule has 142 valence electrons. The lowest BCUT2D eigenvalue weighted by atomic mass is 9.98. The summed E-state index contributed by atoms with van der Waals surface area (Å²) in [6.45, 7) is 9.33. The molecule has 1 spiro atoms. The number of hydrogen-bond donors (Lipinski definition) is 1. The highest BCUT2D eigenvalue weighted by atomic mass is 32.1. The number of carbonyl (C=O) groups is 1. The molecule has 6 nitrogen and oxygen atoms in total. The standard InChI is InChI=1S/C19H28N4O2S/c1-18(2,3)25-17(24)22-9-12-4-5-13(10-22)23(12)16-21-15-14(26-16)8-20-11-19(15)6-7-19/h12-13,20H,4-11H2,1-3H3. The molecule has 2 unspecified atom stereocenters. The Hall–Kier alpha value is -1.34. The van der Waals surface area contributed by atoms with Gasteiger partial charge in [-0.2, -0.15) is 0 Å². The van der Waals surface area contributed by atoms with Crippen LogP contribution in [0, 0.1) is 0 Å². The summed E-state index contributed by atoms with van der Waals surface area (Å²) in [5.74, 6) is 0. The highest BCUT2D eigenvalue weighted by molar-refractivity contribution is 7.15. The summed E-state index contributed by atoms with van der Waals surface area (Å²) in [5.41, 5.74) is 1.26. The van der Waals surface area contributed by atoms with Gasteiger partial charge < -0.3 is 19.9 Å². The highest BCUT2D eigenvalue weighted by Crippen LogP contribution is 2.52. The SMILES string of the molecule is CC(C)(C)OC(=O)N1CC2CCC(C1)N2c1nc2c(s1)CNCC21CC1. The maximum absolute atomic E-state index is 12.5. The fourth-order valence-corrected chi connectivity index (χ4v) is 6.03. The third-order valence-electron chi connectivity index (χ3n) is 6.15. The first kappa shape index (κ1) is 16.8. The number of hydrogen-bond acceptors (Lipinski definition) is 6. The Labute approximate surface area is 158 Å². The van der Waals surface area contributed by atoms with Crippen molar-refractivity contribution in [1.82, 2.24) is 15.2 Å². The Morgan fingerprint density at radius 1 is 1.27 bits per heavy atom. The van der Waals surface area contributed by atoms with E-state index in [1.807, 2.05) is 37.0 Å². The number of piperazine rings is 1. The van der Waals surface area contributed by atoms with Crippen molar-refractivity contribution < 1.29 is 9.53 Å². The Bertz CT molecular complexity index is 722. The van der Waals surface area contributed by atoms with E-state index in [0.717, 1.165) is 39.0 Å². The average Bonchev–Trinajstić information content (AvgIpc) is 3.09. The van der Waals surface area contributed by atoms with Gasteiger partial charge in [0.2, 0.25) is 0 Å². The minimum absolute atomic E-state index is 0.173. The molecular formula is C19H28N4O2S. The molecule has 1 aromatic rings. The molecule has 5 rings (SSSR count). The summed E-state index contributed by atoms with van der Waals surface area (Å²) in [4.78, 5) is 23.5. The maximum Gasteiger partial charge on any atom is 0.410 e. The number of nitrogens with zero attached hydrogens (tertiary/aromatic N) is 3. The topological polar surface area (TPSA) is 57.7 Å². The van der Waals surface area contributed by atoms with Crippen LogP contribution in [0.25, 0.3) is 0 Å². The van der Waals surface area contributed by atoms with Crippen LogP contribution in [-0.4, -0.2) is 53.3 Å². The van der Waals surface area contributed by atoms with Crippen LogP contribution < -0.4 is 10.2 Å². The summed E-state index contributed by atoms with van der Waals surface area (Å²) in [5, 5.41) is 4.76. The van der Waals surface area contributed by atoms with E-state index >= 15 is 0 Å². The third kappa shape index (κ3) is 2.71. The number of likely N-dealkylation sites (tertiary alicyclic amines) is 1. The fraction of sp³-hybridized carbons (Fsp3) is 0.789. The van der Waals surface area contributed by atoms with E-state index in [9.17, 15) is 4.79 Å². The van der Waals surface area contributed by atoms with Crippen LogP contribution in [0.15, 0.2) is 0 Å². The number of nitrogens with one attached hydrogen (secondary N) is 1. The molecule has 2 bridgehead atoms. The van der Waals surface area contributed by atoms with Crippen LogP contribution in [0.4, 0.5) is 9.93 Å². The fourth-order valence-electron chi connectivity index (χ4n) is 4.74. The molecule has 2 atom stereocenters. The van der Waals surface area contributed by atoms with E-state index in [1.165, 1.54) is 28.5 Å². The zero-order valence-corrected chi connectivity index (χ0v) is 16.7. The van der Waals surface area contributed by atoms with E-state index in [-0.39, 0.29) is 6.09 Å². The molecule has 1 aliphatic carbocycles. The van der Waals surface area contributed by atoms with Crippen LogP contribution in [0.2, 0.25) is 0 Å². The predicted octanol–water partition coefficient (Wildman–Crippen LogP) is 2.87. The summed E-state index contributed by atoms with van der Waals surface area (Å²) < 4.78 is 5.59. The van der Waals surface area contributed by atoms with Gasteiger partial charge in [0.15, 0.2) is 5.13 Å². The second-order valence-corrected chi connectivity index (χ2v) is 10.4. The number of thiazole rings is 1. The zero-order valence-electron chi connectivity index (χ0n) is 15.9. The number of rotatable bonds is 1. The second-order valence-electron chi connectivity index (χ2n) is 9.33. The van der Waals surface area contributed by atoms with Gasteiger partial charge in [0.1, 0.15) is 5.60 Å². The lowest BCUT2D eigenvalue weighted by Gasteiger charge is -2.41. The van der Waals surface area contributed by atoms with E-state index in [1.54, 1.807) is 0 Å². The van der Waals surface area contributed by atoms with Crippen molar-refractivity contribution in [2.45, 2.75) is 76.1 Å². The zero-order chi connectivity index (χ0) is 18.1. The molecule has 0 aromatic carbocycles. The van der Waals surface area contributed by atoms with Gasteiger partial charge in [-0.25, -0.2) is 9.78 Å². The molecule has 1 N–H and O–H groups in total. The minimum Gasteiger partial charge on any atom is -0.444 e. The molecule has 1 saturated carbocycles. The number of amides is 1. The van der Waals surface area contributed by atoms with E-state index in [0.29, 0.717) is 17.5 Å². The molecule has 1 aromatic heterocycles. The lowest BCUT2D eigenvalue weighted by Crippen LogP contribution is -2.56. The number of anilines is 1. The minimum atomic E-state index is -0.437. The first-order valence-corrected chi connectivity index (χ1v) is 10.6. The van der Waals surface area contributed by atoms with Crippen molar-refractivity contribution in [2.75, 3.05) is 24.5 Å². The van der Waals surface area contributed by atoms with Gasteiger partial charge in [-0.3, -0.25) is 0 Å². The van der Waals surface area contributed by atoms with Crippen molar-refractivity contribution in [3.8, 4) is 0 Å². The summed E-state index contributed by atoms with van der Waals surface area (Å²) >= 11 is 1.87. The Kier molecular flexibility index (Phi) is 3.61. The van der Waals surface area contributed by atoms with Gasteiger partial charge in [-0.05, 0) is 46.5 Å². The molecule has 1 amide bonds. The second kappa shape index (κ2) is 5.58. The van der Waals surface area contributed by atoms with Crippen molar-refractivity contribution in [1.29, 1.82) is 0 Å². The molecular weight excluding hydrogens is 348 g/mol.